The minimum atomic E-state index is -0.434. The Morgan fingerprint density at radius 2 is 2.00 bits per heavy atom. The van der Waals surface area contributed by atoms with E-state index in [1.807, 2.05) is 36.9 Å². The van der Waals surface area contributed by atoms with Gasteiger partial charge in [-0.25, -0.2) is 4.79 Å². The maximum Gasteiger partial charge on any atom is 0.336 e. The lowest BCUT2D eigenvalue weighted by Crippen LogP contribution is -2.33. The van der Waals surface area contributed by atoms with Crippen molar-refractivity contribution in [1.82, 2.24) is 4.90 Å². The highest BCUT2D eigenvalue weighted by molar-refractivity contribution is 6.31. The maximum atomic E-state index is 12.6. The van der Waals surface area contributed by atoms with Gasteiger partial charge in [0.1, 0.15) is 11.3 Å². The number of ether oxygens (including phenoxy) is 1. The fraction of sp³-hybridized carbons (Fsp3) is 0.273. The third kappa shape index (κ3) is 5.16. The molecule has 1 heterocycles. The van der Waals surface area contributed by atoms with E-state index in [-0.39, 0.29) is 12.5 Å². The molecule has 7 heteroatoms. The topological polar surface area (TPSA) is 71.8 Å². The third-order valence-corrected chi connectivity index (χ3v) is 4.95. The van der Waals surface area contributed by atoms with Crippen molar-refractivity contribution in [2.75, 3.05) is 25.5 Å². The second-order valence-corrected chi connectivity index (χ2v) is 7.20. The van der Waals surface area contributed by atoms with E-state index in [2.05, 4.69) is 5.32 Å². The molecule has 0 atom stereocenters. The van der Waals surface area contributed by atoms with Crippen molar-refractivity contribution in [3.63, 3.8) is 0 Å². The largest absolute Gasteiger partial charge is 0.497 e. The lowest BCUT2D eigenvalue weighted by molar-refractivity contribution is -0.117. The highest BCUT2D eigenvalue weighted by Gasteiger charge is 2.14. The molecule has 2 aromatic carbocycles. The van der Waals surface area contributed by atoms with Crippen LogP contribution in [-0.2, 0) is 11.3 Å². The van der Waals surface area contributed by atoms with E-state index in [1.165, 1.54) is 6.07 Å². The van der Waals surface area contributed by atoms with Gasteiger partial charge in [0.2, 0.25) is 5.91 Å². The van der Waals surface area contributed by atoms with Crippen LogP contribution in [0.4, 0.5) is 5.69 Å². The van der Waals surface area contributed by atoms with Crippen LogP contribution in [0.25, 0.3) is 11.0 Å². The number of amides is 1. The number of hydrogen-bond acceptors (Lipinski definition) is 5. The van der Waals surface area contributed by atoms with Gasteiger partial charge in [0.15, 0.2) is 0 Å². The molecule has 0 saturated heterocycles. The summed E-state index contributed by atoms with van der Waals surface area (Å²) >= 11 is 6.02. The van der Waals surface area contributed by atoms with Crippen LogP contribution in [0.5, 0.6) is 5.75 Å². The summed E-state index contributed by atoms with van der Waals surface area (Å²) in [6.07, 6.45) is 0. The molecule has 1 N–H and O–H groups in total. The fourth-order valence-corrected chi connectivity index (χ4v) is 3.28. The number of methoxy groups -OCH3 is 1. The van der Waals surface area contributed by atoms with Crippen LogP contribution in [0.15, 0.2) is 51.7 Å². The van der Waals surface area contributed by atoms with E-state index in [9.17, 15) is 9.59 Å². The predicted molar refractivity (Wildman–Crippen MR) is 115 cm³/mol. The second-order valence-electron chi connectivity index (χ2n) is 6.76. The SMILES string of the molecule is CCN(CC(=O)Nc1cc(Cl)ccc1C)Cc1cc(=O)oc2cc(OC)ccc12. The van der Waals surface area contributed by atoms with Crippen LogP contribution < -0.4 is 15.7 Å². The van der Waals surface area contributed by atoms with Gasteiger partial charge in [0.05, 0.1) is 13.7 Å². The van der Waals surface area contributed by atoms with Crippen LogP contribution in [0.2, 0.25) is 5.02 Å². The molecule has 1 amide bonds. The molecule has 0 aliphatic rings. The number of aryl methyl sites for hydroxylation is 1. The van der Waals surface area contributed by atoms with Crippen molar-refractivity contribution in [3.05, 3.63) is 69.0 Å². The smallest absolute Gasteiger partial charge is 0.336 e. The summed E-state index contributed by atoms with van der Waals surface area (Å²) in [6, 6.07) is 12.2. The number of likely N-dealkylation sites (N-methyl/N-ethyl adjacent to an activating group) is 1. The van der Waals surface area contributed by atoms with Gasteiger partial charge in [-0.2, -0.15) is 0 Å². The summed E-state index contributed by atoms with van der Waals surface area (Å²) in [6.45, 7) is 5.13. The van der Waals surface area contributed by atoms with Crippen molar-refractivity contribution in [3.8, 4) is 5.75 Å². The number of carbonyl (C=O) groups excluding carboxylic acids is 1. The van der Waals surface area contributed by atoms with Crippen LogP contribution in [0, 0.1) is 6.92 Å². The van der Waals surface area contributed by atoms with Gasteiger partial charge in [-0.15, -0.1) is 0 Å². The number of carbonyl (C=O) groups is 1. The Morgan fingerprint density at radius 1 is 1.21 bits per heavy atom. The summed E-state index contributed by atoms with van der Waals surface area (Å²) in [5, 5.41) is 4.28. The molecule has 0 bridgehead atoms. The first-order chi connectivity index (χ1) is 13.9. The number of halogens is 1. The van der Waals surface area contributed by atoms with Crippen molar-refractivity contribution >= 4 is 34.2 Å². The molecule has 3 aromatic rings. The fourth-order valence-electron chi connectivity index (χ4n) is 3.11. The van der Waals surface area contributed by atoms with Crippen molar-refractivity contribution < 1.29 is 13.9 Å². The van der Waals surface area contributed by atoms with E-state index in [0.29, 0.717) is 35.1 Å². The van der Waals surface area contributed by atoms with Gasteiger partial charge < -0.3 is 14.5 Å². The van der Waals surface area contributed by atoms with E-state index in [4.69, 9.17) is 20.8 Å². The number of fused-ring (bicyclic) bond motifs is 1. The molecule has 0 unspecified atom stereocenters. The zero-order valence-electron chi connectivity index (χ0n) is 16.6. The van der Waals surface area contributed by atoms with Gasteiger partial charge in [-0.05, 0) is 48.9 Å². The summed E-state index contributed by atoms with van der Waals surface area (Å²) < 4.78 is 10.5. The molecule has 29 heavy (non-hydrogen) atoms. The molecule has 3 rings (SSSR count). The molecule has 0 spiro atoms. The van der Waals surface area contributed by atoms with Crippen molar-refractivity contribution in [2.45, 2.75) is 20.4 Å². The molecule has 0 aliphatic carbocycles. The zero-order valence-corrected chi connectivity index (χ0v) is 17.4. The van der Waals surface area contributed by atoms with E-state index in [1.54, 1.807) is 25.3 Å². The van der Waals surface area contributed by atoms with Crippen LogP contribution in [0.3, 0.4) is 0 Å². The van der Waals surface area contributed by atoms with Gasteiger partial charge in [-0.3, -0.25) is 9.69 Å². The average Bonchev–Trinajstić information content (AvgIpc) is 2.69. The van der Waals surface area contributed by atoms with Crippen molar-refractivity contribution in [2.24, 2.45) is 0 Å². The standard InChI is InChI=1S/C22H23ClN2O4/c1-4-25(13-21(26)24-19-10-16(23)6-5-14(19)2)12-15-9-22(27)29-20-11-17(28-3)7-8-18(15)20/h5-11H,4,12-13H2,1-3H3,(H,24,26). The number of anilines is 1. The summed E-state index contributed by atoms with van der Waals surface area (Å²) in [5.74, 6) is 0.465. The van der Waals surface area contributed by atoms with Crippen LogP contribution >= 0.6 is 11.6 Å². The van der Waals surface area contributed by atoms with Gasteiger partial charge >= 0.3 is 5.63 Å². The lowest BCUT2D eigenvalue weighted by atomic mass is 10.1. The van der Waals surface area contributed by atoms with E-state index in [0.717, 1.165) is 16.5 Å². The zero-order chi connectivity index (χ0) is 21.0. The Kier molecular flexibility index (Phi) is 6.56. The average molecular weight is 415 g/mol. The summed E-state index contributed by atoms with van der Waals surface area (Å²) in [5.41, 5.74) is 2.45. The normalized spacial score (nSPS) is 11.1. The van der Waals surface area contributed by atoms with E-state index < -0.39 is 5.63 Å². The Bertz CT molecular complexity index is 1090. The number of hydrogen-bond donors (Lipinski definition) is 1. The minimum absolute atomic E-state index is 0.147. The first-order valence-corrected chi connectivity index (χ1v) is 9.66. The lowest BCUT2D eigenvalue weighted by Gasteiger charge is -2.21. The van der Waals surface area contributed by atoms with Gasteiger partial charge in [-0.1, -0.05) is 24.6 Å². The molecule has 0 fully saturated rings. The molecule has 1 aromatic heterocycles. The first-order valence-electron chi connectivity index (χ1n) is 9.28. The van der Waals surface area contributed by atoms with E-state index >= 15 is 0 Å². The third-order valence-electron chi connectivity index (χ3n) is 4.72. The molecule has 0 radical (unpaired) electrons. The first kappa shape index (κ1) is 20.9. The summed E-state index contributed by atoms with van der Waals surface area (Å²) in [7, 11) is 1.56. The van der Waals surface area contributed by atoms with Crippen LogP contribution in [-0.4, -0.2) is 31.0 Å². The number of nitrogens with one attached hydrogen (secondary N) is 1. The Labute approximate surface area is 174 Å². The minimum Gasteiger partial charge on any atom is -0.497 e. The maximum absolute atomic E-state index is 12.6. The van der Waals surface area contributed by atoms with Gasteiger partial charge in [0, 0.05) is 34.8 Å². The van der Waals surface area contributed by atoms with Crippen LogP contribution in [0.1, 0.15) is 18.1 Å². The monoisotopic (exact) mass is 414 g/mol. The van der Waals surface area contributed by atoms with Crippen molar-refractivity contribution in [1.29, 1.82) is 0 Å². The highest BCUT2D eigenvalue weighted by atomic mass is 35.5. The molecular weight excluding hydrogens is 392 g/mol. The Balaban J connectivity index is 1.78. The Morgan fingerprint density at radius 3 is 2.72 bits per heavy atom. The predicted octanol–water partition coefficient (Wildman–Crippen LogP) is 4.22. The molecule has 152 valence electrons. The number of nitrogens with zero attached hydrogens (tertiary/aromatic N) is 1. The molecule has 0 saturated carbocycles. The Hall–Kier alpha value is -2.83. The van der Waals surface area contributed by atoms with Gasteiger partial charge in [0.25, 0.3) is 0 Å². The second kappa shape index (κ2) is 9.11. The summed E-state index contributed by atoms with van der Waals surface area (Å²) in [4.78, 5) is 26.5. The number of benzene rings is 2. The quantitative estimate of drug-likeness (QED) is 0.586. The molecule has 6 nitrogen and oxygen atoms in total. The highest BCUT2D eigenvalue weighted by Crippen LogP contribution is 2.24. The molecular formula is C22H23ClN2O4. The number of rotatable bonds is 7. The molecule has 0 aliphatic heterocycles.